The molecule has 2 N–H and O–H groups in total. The maximum Gasteiger partial charge on any atom is 0.104 e. The van der Waals surface area contributed by atoms with Gasteiger partial charge in [0.25, 0.3) is 0 Å². The minimum atomic E-state index is 0.832. The van der Waals surface area contributed by atoms with Crippen LogP contribution in [0.3, 0.4) is 0 Å². The summed E-state index contributed by atoms with van der Waals surface area (Å²) in [5.74, 6) is 1.77. The summed E-state index contributed by atoms with van der Waals surface area (Å²) < 4.78 is 0. The first-order valence-corrected chi connectivity index (χ1v) is 6.28. The summed E-state index contributed by atoms with van der Waals surface area (Å²) >= 11 is 1.99. The van der Waals surface area contributed by atoms with Crippen LogP contribution in [0, 0.1) is 0 Å². The van der Waals surface area contributed by atoms with E-state index in [9.17, 15) is 0 Å². The fraction of sp³-hybridized carbons (Fsp3) is 0.900. The van der Waals surface area contributed by atoms with E-state index in [1.54, 1.807) is 0 Å². The number of hydrogen-bond donors (Lipinski definition) is 1. The monoisotopic (exact) mass is 200 g/mol. The third kappa shape index (κ3) is 4.55. The Bertz CT molecular complexity index is 162. The normalized spacial score (nSPS) is 19.6. The van der Waals surface area contributed by atoms with Crippen LogP contribution in [0.25, 0.3) is 0 Å². The van der Waals surface area contributed by atoms with Crippen molar-refractivity contribution >= 4 is 17.6 Å². The van der Waals surface area contributed by atoms with Gasteiger partial charge < -0.3 is 5.73 Å². The van der Waals surface area contributed by atoms with Crippen molar-refractivity contribution in [3.8, 4) is 0 Å². The van der Waals surface area contributed by atoms with E-state index in [2.05, 4.69) is 11.9 Å². The van der Waals surface area contributed by atoms with Crippen LogP contribution >= 0.6 is 11.8 Å². The lowest BCUT2D eigenvalue weighted by Gasteiger charge is -2.07. The van der Waals surface area contributed by atoms with Gasteiger partial charge in [0.05, 0.1) is 5.75 Å². The summed E-state index contributed by atoms with van der Waals surface area (Å²) in [6.45, 7) is 3.01. The summed E-state index contributed by atoms with van der Waals surface area (Å²) in [5.41, 5.74) is 5.77. The molecule has 1 saturated carbocycles. The van der Waals surface area contributed by atoms with Gasteiger partial charge in [0.15, 0.2) is 0 Å². The van der Waals surface area contributed by atoms with E-state index in [1.807, 2.05) is 11.8 Å². The SMILES string of the molecule is CCCN=C(N)CSC1CCCC1. The molecule has 0 aromatic rings. The van der Waals surface area contributed by atoms with Gasteiger partial charge in [-0.1, -0.05) is 19.8 Å². The van der Waals surface area contributed by atoms with Gasteiger partial charge in [-0.25, -0.2) is 0 Å². The van der Waals surface area contributed by atoms with Gasteiger partial charge in [0, 0.05) is 11.8 Å². The molecule has 0 unspecified atom stereocenters. The number of thioether (sulfide) groups is 1. The Balaban J connectivity index is 2.09. The summed E-state index contributed by atoms with van der Waals surface area (Å²) in [5, 5.41) is 0.857. The Kier molecular flexibility index (Phi) is 5.28. The maximum atomic E-state index is 5.77. The quantitative estimate of drug-likeness (QED) is 0.547. The van der Waals surface area contributed by atoms with Gasteiger partial charge in [-0.05, 0) is 19.3 Å². The molecule has 2 nitrogen and oxygen atoms in total. The van der Waals surface area contributed by atoms with Crippen LogP contribution in [0.2, 0.25) is 0 Å². The summed E-state index contributed by atoms with van der Waals surface area (Å²) in [4.78, 5) is 4.28. The molecular formula is C10H20N2S. The smallest absolute Gasteiger partial charge is 0.104 e. The second kappa shape index (κ2) is 6.30. The molecule has 1 fully saturated rings. The third-order valence-corrected chi connectivity index (χ3v) is 3.71. The van der Waals surface area contributed by atoms with Crippen LogP contribution in [-0.4, -0.2) is 23.4 Å². The van der Waals surface area contributed by atoms with Gasteiger partial charge in [0.1, 0.15) is 5.84 Å². The Morgan fingerprint density at radius 1 is 1.46 bits per heavy atom. The summed E-state index contributed by atoms with van der Waals surface area (Å²) in [7, 11) is 0. The molecule has 76 valence electrons. The van der Waals surface area contributed by atoms with E-state index in [-0.39, 0.29) is 0 Å². The van der Waals surface area contributed by atoms with Crippen molar-refractivity contribution in [1.82, 2.24) is 0 Å². The predicted octanol–water partition coefficient (Wildman–Crippen LogP) is 2.43. The molecule has 0 aromatic heterocycles. The Morgan fingerprint density at radius 3 is 2.77 bits per heavy atom. The van der Waals surface area contributed by atoms with Crippen LogP contribution in [-0.2, 0) is 0 Å². The van der Waals surface area contributed by atoms with Gasteiger partial charge >= 0.3 is 0 Å². The number of hydrogen-bond acceptors (Lipinski definition) is 2. The van der Waals surface area contributed by atoms with Crippen LogP contribution in [0.15, 0.2) is 4.99 Å². The van der Waals surface area contributed by atoms with Crippen molar-refractivity contribution in [3.05, 3.63) is 0 Å². The number of amidine groups is 1. The highest BCUT2D eigenvalue weighted by Crippen LogP contribution is 2.28. The first-order chi connectivity index (χ1) is 6.33. The molecule has 0 saturated heterocycles. The third-order valence-electron chi connectivity index (χ3n) is 2.31. The molecule has 0 radical (unpaired) electrons. The van der Waals surface area contributed by atoms with Gasteiger partial charge in [-0.15, -0.1) is 0 Å². The second-order valence-corrected chi connectivity index (χ2v) is 4.88. The lowest BCUT2D eigenvalue weighted by molar-refractivity contribution is 0.886. The molecule has 0 bridgehead atoms. The van der Waals surface area contributed by atoms with E-state index < -0.39 is 0 Å². The molecule has 0 heterocycles. The van der Waals surface area contributed by atoms with Crippen molar-refractivity contribution in [2.45, 2.75) is 44.3 Å². The molecule has 1 rings (SSSR count). The highest BCUT2D eigenvalue weighted by Gasteiger charge is 2.15. The zero-order valence-corrected chi connectivity index (χ0v) is 9.28. The van der Waals surface area contributed by atoms with E-state index >= 15 is 0 Å². The van der Waals surface area contributed by atoms with E-state index in [0.717, 1.165) is 29.8 Å². The lowest BCUT2D eigenvalue weighted by Crippen LogP contribution is -2.17. The van der Waals surface area contributed by atoms with Gasteiger partial charge in [-0.2, -0.15) is 11.8 Å². The molecule has 1 aliphatic rings. The van der Waals surface area contributed by atoms with Crippen LogP contribution in [0.4, 0.5) is 0 Å². The Labute approximate surface area is 85.4 Å². The number of nitrogens with two attached hydrogens (primary N) is 1. The molecule has 0 aliphatic heterocycles. The van der Waals surface area contributed by atoms with Crippen molar-refractivity contribution < 1.29 is 0 Å². The van der Waals surface area contributed by atoms with Crippen molar-refractivity contribution in [2.24, 2.45) is 10.7 Å². The molecule has 3 heteroatoms. The summed E-state index contributed by atoms with van der Waals surface area (Å²) in [6.07, 6.45) is 6.67. The highest BCUT2D eigenvalue weighted by atomic mass is 32.2. The maximum absolute atomic E-state index is 5.77. The molecular weight excluding hydrogens is 180 g/mol. The van der Waals surface area contributed by atoms with E-state index in [1.165, 1.54) is 25.7 Å². The molecule has 1 aliphatic carbocycles. The average Bonchev–Trinajstić information content (AvgIpc) is 2.64. The first kappa shape index (κ1) is 10.9. The Morgan fingerprint density at radius 2 is 2.15 bits per heavy atom. The lowest BCUT2D eigenvalue weighted by atomic mass is 10.4. The highest BCUT2D eigenvalue weighted by molar-refractivity contribution is 8.00. The Hall–Kier alpha value is -0.180. The number of nitrogens with zero attached hydrogens (tertiary/aromatic N) is 1. The van der Waals surface area contributed by atoms with Crippen LogP contribution in [0.5, 0.6) is 0 Å². The summed E-state index contributed by atoms with van der Waals surface area (Å²) in [6, 6.07) is 0. The van der Waals surface area contributed by atoms with Crippen molar-refractivity contribution in [1.29, 1.82) is 0 Å². The van der Waals surface area contributed by atoms with Gasteiger partial charge in [-0.3, -0.25) is 4.99 Å². The fourth-order valence-electron chi connectivity index (χ4n) is 1.56. The number of rotatable bonds is 5. The minimum Gasteiger partial charge on any atom is -0.387 e. The average molecular weight is 200 g/mol. The predicted molar refractivity (Wildman–Crippen MR) is 61.5 cm³/mol. The van der Waals surface area contributed by atoms with E-state index in [4.69, 9.17) is 5.73 Å². The first-order valence-electron chi connectivity index (χ1n) is 5.23. The largest absolute Gasteiger partial charge is 0.387 e. The van der Waals surface area contributed by atoms with E-state index in [0.29, 0.717) is 0 Å². The van der Waals surface area contributed by atoms with Crippen LogP contribution < -0.4 is 5.73 Å². The molecule has 0 aromatic carbocycles. The topological polar surface area (TPSA) is 38.4 Å². The van der Waals surface area contributed by atoms with Gasteiger partial charge in [0.2, 0.25) is 0 Å². The van der Waals surface area contributed by atoms with Crippen molar-refractivity contribution in [2.75, 3.05) is 12.3 Å². The fourth-order valence-corrected chi connectivity index (χ4v) is 2.72. The van der Waals surface area contributed by atoms with Crippen molar-refractivity contribution in [3.63, 3.8) is 0 Å². The second-order valence-electron chi connectivity index (χ2n) is 3.59. The molecule has 0 amide bonds. The minimum absolute atomic E-state index is 0.832. The molecule has 0 spiro atoms. The molecule has 13 heavy (non-hydrogen) atoms. The van der Waals surface area contributed by atoms with Crippen LogP contribution in [0.1, 0.15) is 39.0 Å². The zero-order valence-electron chi connectivity index (χ0n) is 8.46. The molecule has 0 atom stereocenters. The number of aliphatic imine (C=N–C) groups is 1. The zero-order chi connectivity index (χ0) is 9.52. The standard InChI is InChI=1S/C10H20N2S/c1-2-7-12-10(11)8-13-9-5-3-4-6-9/h9H,2-8H2,1H3,(H2,11,12).